The molecule has 1 aliphatic heterocycles. The number of amides is 2. The second-order valence-corrected chi connectivity index (χ2v) is 5.21. The lowest BCUT2D eigenvalue weighted by Gasteiger charge is -2.34. The third kappa shape index (κ3) is 4.04. The number of piperazine rings is 1. The second kappa shape index (κ2) is 7.22. The van der Waals surface area contributed by atoms with E-state index in [0.29, 0.717) is 12.0 Å². The van der Waals surface area contributed by atoms with Gasteiger partial charge in [0, 0.05) is 43.9 Å². The average molecular weight is 289 g/mol. The summed E-state index contributed by atoms with van der Waals surface area (Å²) in [6.07, 6.45) is 0.447. The maximum atomic E-state index is 12.4. The molecule has 21 heavy (non-hydrogen) atoms. The van der Waals surface area contributed by atoms with Crippen LogP contribution < -0.4 is 5.32 Å². The fourth-order valence-corrected chi connectivity index (χ4v) is 2.40. The van der Waals surface area contributed by atoms with E-state index >= 15 is 0 Å². The summed E-state index contributed by atoms with van der Waals surface area (Å²) in [6.45, 7) is 8.42. The maximum Gasteiger partial charge on any atom is 0.253 e. The number of likely N-dealkylation sites (N-methyl/N-ethyl adjacent to an activating group) is 1. The molecular weight excluding hydrogens is 266 g/mol. The predicted molar refractivity (Wildman–Crippen MR) is 83.4 cm³/mol. The molecule has 0 atom stereocenters. The van der Waals surface area contributed by atoms with Gasteiger partial charge in [0.05, 0.1) is 0 Å². The number of carbonyl (C=O) groups is 2. The smallest absolute Gasteiger partial charge is 0.253 e. The monoisotopic (exact) mass is 289 g/mol. The van der Waals surface area contributed by atoms with Crippen LogP contribution in [0.4, 0.5) is 5.69 Å². The molecule has 5 heteroatoms. The van der Waals surface area contributed by atoms with Gasteiger partial charge >= 0.3 is 0 Å². The van der Waals surface area contributed by atoms with Gasteiger partial charge in [0.25, 0.3) is 5.91 Å². The highest BCUT2D eigenvalue weighted by Crippen LogP contribution is 2.13. The molecule has 1 fully saturated rings. The normalized spacial score (nSPS) is 15.8. The third-order valence-electron chi connectivity index (χ3n) is 3.84. The van der Waals surface area contributed by atoms with E-state index < -0.39 is 0 Å². The highest BCUT2D eigenvalue weighted by molar-refractivity contribution is 5.95. The van der Waals surface area contributed by atoms with E-state index in [2.05, 4.69) is 17.1 Å². The van der Waals surface area contributed by atoms with Crippen LogP contribution >= 0.6 is 0 Å². The Bertz CT molecular complexity index is 491. The Labute approximate surface area is 125 Å². The molecule has 1 heterocycles. The number of nitrogens with one attached hydrogen (secondary N) is 1. The Hall–Kier alpha value is -1.88. The Morgan fingerprint density at radius 1 is 1.05 bits per heavy atom. The zero-order valence-electron chi connectivity index (χ0n) is 12.8. The van der Waals surface area contributed by atoms with Crippen LogP contribution in [0.15, 0.2) is 24.3 Å². The molecule has 0 spiro atoms. The summed E-state index contributed by atoms with van der Waals surface area (Å²) in [6, 6.07) is 7.12. The first-order valence-corrected chi connectivity index (χ1v) is 7.55. The average Bonchev–Trinajstić information content (AvgIpc) is 2.55. The Balaban J connectivity index is 1.95. The Kier molecular flexibility index (Phi) is 5.33. The lowest BCUT2D eigenvalue weighted by molar-refractivity contribution is -0.115. The summed E-state index contributed by atoms with van der Waals surface area (Å²) in [5.74, 6) is 0.0453. The van der Waals surface area contributed by atoms with E-state index in [-0.39, 0.29) is 11.8 Å². The zero-order chi connectivity index (χ0) is 15.2. The summed E-state index contributed by atoms with van der Waals surface area (Å²) < 4.78 is 0. The molecule has 1 aromatic carbocycles. The standard InChI is InChI=1S/C16H23N3O2/c1-3-15(20)17-14-7-5-13(6-8-14)16(21)19-11-9-18(4-2)10-12-19/h5-8H,3-4,9-12H2,1-2H3,(H,17,20). The largest absolute Gasteiger partial charge is 0.336 e. The van der Waals surface area contributed by atoms with Crippen LogP contribution in [-0.4, -0.2) is 54.3 Å². The minimum atomic E-state index is -0.0234. The number of anilines is 1. The van der Waals surface area contributed by atoms with Gasteiger partial charge in [-0.05, 0) is 30.8 Å². The minimum absolute atomic E-state index is 0.0234. The van der Waals surface area contributed by atoms with Gasteiger partial charge in [0.1, 0.15) is 0 Å². The summed E-state index contributed by atoms with van der Waals surface area (Å²) in [5, 5.41) is 2.78. The van der Waals surface area contributed by atoms with Crippen molar-refractivity contribution in [2.75, 3.05) is 38.0 Å². The molecule has 0 radical (unpaired) electrons. The summed E-state index contributed by atoms with van der Waals surface area (Å²) >= 11 is 0. The second-order valence-electron chi connectivity index (χ2n) is 5.21. The highest BCUT2D eigenvalue weighted by Gasteiger charge is 2.21. The number of hydrogen-bond acceptors (Lipinski definition) is 3. The molecule has 0 unspecified atom stereocenters. The van der Waals surface area contributed by atoms with Crippen molar-refractivity contribution in [2.45, 2.75) is 20.3 Å². The molecule has 0 aliphatic carbocycles. The minimum Gasteiger partial charge on any atom is -0.336 e. The molecular formula is C16H23N3O2. The van der Waals surface area contributed by atoms with Crippen LogP contribution in [0, 0.1) is 0 Å². The number of hydrogen-bond donors (Lipinski definition) is 1. The van der Waals surface area contributed by atoms with Crippen LogP contribution in [0.3, 0.4) is 0 Å². The number of carbonyl (C=O) groups excluding carboxylic acids is 2. The van der Waals surface area contributed by atoms with Crippen molar-refractivity contribution in [3.63, 3.8) is 0 Å². The first-order chi connectivity index (χ1) is 10.1. The van der Waals surface area contributed by atoms with Gasteiger partial charge < -0.3 is 15.1 Å². The predicted octanol–water partition coefficient (Wildman–Crippen LogP) is 1.81. The third-order valence-corrected chi connectivity index (χ3v) is 3.84. The van der Waals surface area contributed by atoms with Crippen LogP contribution in [0.5, 0.6) is 0 Å². The lowest BCUT2D eigenvalue weighted by atomic mass is 10.1. The molecule has 114 valence electrons. The van der Waals surface area contributed by atoms with Gasteiger partial charge in [-0.2, -0.15) is 0 Å². The van der Waals surface area contributed by atoms with Gasteiger partial charge in [-0.15, -0.1) is 0 Å². The number of nitrogens with zero attached hydrogens (tertiary/aromatic N) is 2. The van der Waals surface area contributed by atoms with Gasteiger partial charge in [-0.25, -0.2) is 0 Å². The zero-order valence-corrected chi connectivity index (χ0v) is 12.8. The molecule has 0 aromatic heterocycles. The quantitative estimate of drug-likeness (QED) is 0.920. The summed E-state index contributed by atoms with van der Waals surface area (Å²) in [7, 11) is 0. The van der Waals surface area contributed by atoms with E-state index in [9.17, 15) is 9.59 Å². The first kappa shape index (κ1) is 15.5. The van der Waals surface area contributed by atoms with Crippen molar-refractivity contribution < 1.29 is 9.59 Å². The Morgan fingerprint density at radius 3 is 2.19 bits per heavy atom. The summed E-state index contributed by atoms with van der Waals surface area (Å²) in [5.41, 5.74) is 1.41. The van der Waals surface area contributed by atoms with Crippen LogP contribution in [0.1, 0.15) is 30.6 Å². The fraction of sp³-hybridized carbons (Fsp3) is 0.500. The number of benzene rings is 1. The lowest BCUT2D eigenvalue weighted by Crippen LogP contribution is -2.48. The van der Waals surface area contributed by atoms with Crippen molar-refractivity contribution in [2.24, 2.45) is 0 Å². The van der Waals surface area contributed by atoms with E-state index in [1.54, 1.807) is 24.3 Å². The molecule has 1 aromatic rings. The molecule has 1 N–H and O–H groups in total. The summed E-state index contributed by atoms with van der Waals surface area (Å²) in [4.78, 5) is 28.0. The molecule has 0 bridgehead atoms. The topological polar surface area (TPSA) is 52.7 Å². The van der Waals surface area contributed by atoms with Crippen molar-refractivity contribution in [3.05, 3.63) is 29.8 Å². The first-order valence-electron chi connectivity index (χ1n) is 7.55. The van der Waals surface area contributed by atoms with Crippen LogP contribution in [0.25, 0.3) is 0 Å². The van der Waals surface area contributed by atoms with Crippen molar-refractivity contribution in [1.82, 2.24) is 9.80 Å². The van der Waals surface area contributed by atoms with Gasteiger partial charge in [-0.3, -0.25) is 9.59 Å². The number of rotatable bonds is 4. The Morgan fingerprint density at radius 2 is 1.67 bits per heavy atom. The van der Waals surface area contributed by atoms with Crippen molar-refractivity contribution >= 4 is 17.5 Å². The van der Waals surface area contributed by atoms with E-state index in [0.717, 1.165) is 38.4 Å². The fourth-order valence-electron chi connectivity index (χ4n) is 2.40. The molecule has 2 amide bonds. The SMILES string of the molecule is CCC(=O)Nc1ccc(C(=O)N2CCN(CC)CC2)cc1. The van der Waals surface area contributed by atoms with Crippen LogP contribution in [-0.2, 0) is 4.79 Å². The van der Waals surface area contributed by atoms with Crippen molar-refractivity contribution in [3.8, 4) is 0 Å². The van der Waals surface area contributed by atoms with Gasteiger partial charge in [0.15, 0.2) is 0 Å². The molecule has 1 saturated heterocycles. The van der Waals surface area contributed by atoms with Gasteiger partial charge in [-0.1, -0.05) is 13.8 Å². The molecule has 5 nitrogen and oxygen atoms in total. The van der Waals surface area contributed by atoms with E-state index in [1.165, 1.54) is 0 Å². The molecule has 1 aliphatic rings. The molecule has 0 saturated carbocycles. The van der Waals surface area contributed by atoms with E-state index in [1.807, 2.05) is 11.8 Å². The highest BCUT2D eigenvalue weighted by atomic mass is 16.2. The van der Waals surface area contributed by atoms with Crippen molar-refractivity contribution in [1.29, 1.82) is 0 Å². The van der Waals surface area contributed by atoms with Crippen LogP contribution in [0.2, 0.25) is 0 Å². The maximum absolute atomic E-state index is 12.4. The van der Waals surface area contributed by atoms with Gasteiger partial charge in [0.2, 0.25) is 5.91 Å². The van der Waals surface area contributed by atoms with E-state index in [4.69, 9.17) is 0 Å². The molecule has 2 rings (SSSR count).